The van der Waals surface area contributed by atoms with Crippen molar-refractivity contribution in [1.29, 1.82) is 0 Å². The standard InChI is InChI=1S/C51H86O25/c1-19(18-68-45-40(64)36(60)33(57)28(14-52)70-45)7-10-51(67)20(2)32-27(76-51)12-24-22-6-5-21-11-26(25(56)13-50(21,4)23(22)8-9-49(24,32)3)69-46-42(66)39(63)43(31(17-55)73-46)74-48-44(38(62)35(59)30(16-54)72-48)75-47-41(65)37(61)34(58)29(15-53)71-47/h19-48,52-67H,5-18H2,1-4H3. The minimum Gasteiger partial charge on any atom is -0.394 e. The lowest BCUT2D eigenvalue weighted by molar-refractivity contribution is -0.391. The molecule has 4 saturated carbocycles. The highest BCUT2D eigenvalue weighted by molar-refractivity contribution is 5.15. The van der Waals surface area contributed by atoms with Gasteiger partial charge < -0.3 is 124 Å². The molecule has 5 heterocycles. The van der Waals surface area contributed by atoms with Crippen LogP contribution in [0.2, 0.25) is 0 Å². The zero-order valence-corrected chi connectivity index (χ0v) is 43.5. The third kappa shape index (κ3) is 10.6. The van der Waals surface area contributed by atoms with E-state index >= 15 is 0 Å². The molecule has 0 bridgehead atoms. The van der Waals surface area contributed by atoms with Gasteiger partial charge in [-0.05, 0) is 97.7 Å². The van der Waals surface area contributed by atoms with Crippen LogP contribution < -0.4 is 0 Å². The van der Waals surface area contributed by atoms with Crippen LogP contribution in [0, 0.1) is 52.3 Å². The maximum absolute atomic E-state index is 12.1. The minimum atomic E-state index is -1.94. The Morgan fingerprint density at radius 3 is 1.71 bits per heavy atom. The first-order valence-electron chi connectivity index (χ1n) is 27.5. The lowest BCUT2D eigenvalue weighted by Gasteiger charge is -2.62. The van der Waals surface area contributed by atoms with Gasteiger partial charge in [-0.2, -0.15) is 0 Å². The molecule has 0 amide bonds. The summed E-state index contributed by atoms with van der Waals surface area (Å²) >= 11 is 0. The van der Waals surface area contributed by atoms with Crippen LogP contribution in [-0.4, -0.2) is 262 Å². The van der Waals surface area contributed by atoms with E-state index < -0.39 is 167 Å². The van der Waals surface area contributed by atoms with Crippen LogP contribution in [0.15, 0.2) is 0 Å². The Kier molecular flexibility index (Phi) is 18.3. The molecule has 0 aromatic heterocycles. The number of rotatable bonds is 16. The molecule has 0 spiro atoms. The van der Waals surface area contributed by atoms with Crippen molar-refractivity contribution in [2.75, 3.05) is 33.0 Å². The van der Waals surface area contributed by atoms with Crippen molar-refractivity contribution in [3.8, 4) is 0 Å². The summed E-state index contributed by atoms with van der Waals surface area (Å²) < 4.78 is 53.2. The predicted octanol–water partition coefficient (Wildman–Crippen LogP) is -4.98. The van der Waals surface area contributed by atoms with Gasteiger partial charge >= 0.3 is 0 Å². The third-order valence-corrected chi connectivity index (χ3v) is 20.1. The van der Waals surface area contributed by atoms with Crippen LogP contribution in [0.5, 0.6) is 0 Å². The molecule has 0 aromatic carbocycles. The van der Waals surface area contributed by atoms with E-state index in [1.807, 2.05) is 6.92 Å². The van der Waals surface area contributed by atoms with Crippen molar-refractivity contribution in [1.82, 2.24) is 0 Å². The number of hydrogen-bond donors (Lipinski definition) is 16. The monoisotopic (exact) mass is 1100 g/mol. The fourth-order valence-electron chi connectivity index (χ4n) is 15.7. The zero-order valence-electron chi connectivity index (χ0n) is 43.5. The molecule has 0 radical (unpaired) electrons. The van der Waals surface area contributed by atoms with E-state index in [0.29, 0.717) is 37.5 Å². The van der Waals surface area contributed by atoms with E-state index in [9.17, 15) is 81.7 Å². The maximum Gasteiger partial charge on any atom is 0.187 e. The molecule has 0 aromatic rings. The maximum atomic E-state index is 12.1. The second-order valence-corrected chi connectivity index (χ2v) is 24.4. The molecular formula is C51H86O25. The van der Waals surface area contributed by atoms with Crippen molar-refractivity contribution >= 4 is 0 Å². The van der Waals surface area contributed by atoms with Crippen LogP contribution in [0.4, 0.5) is 0 Å². The fourth-order valence-corrected chi connectivity index (χ4v) is 15.7. The Bertz CT molecular complexity index is 1910. The Morgan fingerprint density at radius 2 is 1.08 bits per heavy atom. The van der Waals surface area contributed by atoms with Crippen molar-refractivity contribution in [2.45, 2.75) is 232 Å². The third-order valence-electron chi connectivity index (χ3n) is 20.1. The van der Waals surface area contributed by atoms with Gasteiger partial charge in [-0.1, -0.05) is 27.7 Å². The number of fused-ring (bicyclic) bond motifs is 7. The topological polar surface area (TPSA) is 407 Å². The summed E-state index contributed by atoms with van der Waals surface area (Å²) in [5, 5.41) is 171. The Morgan fingerprint density at radius 1 is 0.553 bits per heavy atom. The lowest BCUT2D eigenvalue weighted by atomic mass is 9.44. The lowest BCUT2D eigenvalue weighted by Crippen LogP contribution is -2.67. The molecule has 5 aliphatic heterocycles. The molecule has 440 valence electrons. The quantitative estimate of drug-likeness (QED) is 0.0644. The average Bonchev–Trinajstić information content (AvgIpc) is 3.94. The molecule has 5 saturated heterocycles. The summed E-state index contributed by atoms with van der Waals surface area (Å²) in [6.07, 6.45) is -28.6. The molecule has 25 heteroatoms. The normalized spacial score (nSPS) is 55.8. The van der Waals surface area contributed by atoms with Gasteiger partial charge in [-0.25, -0.2) is 0 Å². The van der Waals surface area contributed by atoms with Gasteiger partial charge in [0.25, 0.3) is 0 Å². The van der Waals surface area contributed by atoms with Gasteiger partial charge in [-0.15, -0.1) is 0 Å². The molecule has 9 aliphatic rings. The Labute approximate surface area is 441 Å². The van der Waals surface area contributed by atoms with Gasteiger partial charge in [0.15, 0.2) is 30.9 Å². The first-order valence-corrected chi connectivity index (χ1v) is 27.5. The second kappa shape index (κ2) is 23.3. The van der Waals surface area contributed by atoms with Crippen molar-refractivity contribution in [3.63, 3.8) is 0 Å². The smallest absolute Gasteiger partial charge is 0.187 e. The van der Waals surface area contributed by atoms with Gasteiger partial charge in [0.2, 0.25) is 0 Å². The van der Waals surface area contributed by atoms with Gasteiger partial charge in [0, 0.05) is 12.3 Å². The Hall–Kier alpha value is -1.00. The van der Waals surface area contributed by atoms with Gasteiger partial charge in [0.1, 0.15) is 97.7 Å². The highest BCUT2D eigenvalue weighted by atomic mass is 16.8. The summed E-state index contributed by atoms with van der Waals surface area (Å²) in [5.41, 5.74) is -0.363. The molecule has 76 heavy (non-hydrogen) atoms. The zero-order chi connectivity index (χ0) is 55.1. The van der Waals surface area contributed by atoms with E-state index in [1.165, 1.54) is 0 Å². The van der Waals surface area contributed by atoms with Crippen LogP contribution in [0.1, 0.15) is 85.5 Å². The number of ether oxygens (including phenoxy) is 9. The molecule has 33 atom stereocenters. The molecule has 33 unspecified atom stereocenters. The molecule has 16 N–H and O–H groups in total. The van der Waals surface area contributed by atoms with E-state index in [0.717, 1.165) is 32.1 Å². The minimum absolute atomic E-state index is 0.0959. The summed E-state index contributed by atoms with van der Waals surface area (Å²) in [4.78, 5) is 0. The summed E-state index contributed by atoms with van der Waals surface area (Å²) in [7, 11) is 0. The average molecular weight is 1100 g/mol. The molecular weight excluding hydrogens is 1010 g/mol. The highest BCUT2D eigenvalue weighted by Gasteiger charge is 2.69. The van der Waals surface area contributed by atoms with Crippen molar-refractivity contribution in [2.24, 2.45) is 52.3 Å². The second-order valence-electron chi connectivity index (χ2n) is 24.4. The van der Waals surface area contributed by atoms with E-state index in [4.69, 9.17) is 42.6 Å². The van der Waals surface area contributed by atoms with E-state index in [1.54, 1.807) is 0 Å². The van der Waals surface area contributed by atoms with E-state index in [-0.39, 0.29) is 53.1 Å². The Balaban J connectivity index is 0.797. The van der Waals surface area contributed by atoms with Crippen LogP contribution in [-0.2, 0) is 42.6 Å². The summed E-state index contributed by atoms with van der Waals surface area (Å²) in [5.74, 6) is -0.406. The molecule has 9 rings (SSSR count). The first kappa shape index (κ1) is 59.6. The number of hydrogen-bond acceptors (Lipinski definition) is 25. The van der Waals surface area contributed by atoms with Crippen molar-refractivity contribution in [3.05, 3.63) is 0 Å². The van der Waals surface area contributed by atoms with E-state index in [2.05, 4.69) is 20.8 Å². The highest BCUT2D eigenvalue weighted by Crippen LogP contribution is 2.71. The summed E-state index contributed by atoms with van der Waals surface area (Å²) in [6.45, 7) is 5.77. The van der Waals surface area contributed by atoms with Gasteiger partial charge in [0.05, 0.1) is 51.3 Å². The van der Waals surface area contributed by atoms with Crippen LogP contribution in [0.3, 0.4) is 0 Å². The largest absolute Gasteiger partial charge is 0.394 e. The van der Waals surface area contributed by atoms with Gasteiger partial charge in [-0.3, -0.25) is 0 Å². The first-order chi connectivity index (χ1) is 35.9. The predicted molar refractivity (Wildman–Crippen MR) is 253 cm³/mol. The molecule has 9 fully saturated rings. The number of aliphatic hydroxyl groups is 16. The molecule has 25 nitrogen and oxygen atoms in total. The number of aliphatic hydroxyl groups excluding tert-OH is 15. The summed E-state index contributed by atoms with van der Waals surface area (Å²) in [6, 6.07) is 0. The van der Waals surface area contributed by atoms with Crippen LogP contribution >= 0.6 is 0 Å². The SMILES string of the molecule is CC(CCC1(O)OC2CC3C4CCC5CC(OC6OC(CO)C(OC7OC(CO)C(O)C(O)C7OC7OC(CO)C(O)C(O)C7O)C(O)C6O)C(O)CC5(C)C4CCC3(C)C2C1C)COC1OC(CO)C(O)C(O)C1O. The molecule has 4 aliphatic carbocycles. The fraction of sp³-hybridized carbons (Fsp3) is 1.00. The van der Waals surface area contributed by atoms with Crippen LogP contribution in [0.25, 0.3) is 0 Å². The van der Waals surface area contributed by atoms with Crippen molar-refractivity contribution < 1.29 is 124 Å².